The molecule has 2 nitrogen and oxygen atoms in total. The summed E-state index contributed by atoms with van der Waals surface area (Å²) in [5.41, 5.74) is -1.94. The van der Waals surface area contributed by atoms with Gasteiger partial charge >= 0.3 is 6.18 Å². The Morgan fingerprint density at radius 1 is 1.33 bits per heavy atom. The fourth-order valence-corrected chi connectivity index (χ4v) is 0.602. The third-order valence-corrected chi connectivity index (χ3v) is 1.77. The monoisotopic (exact) mass is 185 g/mol. The molecule has 0 bridgehead atoms. The summed E-state index contributed by atoms with van der Waals surface area (Å²) in [5.74, 6) is 0. The van der Waals surface area contributed by atoms with Gasteiger partial charge in [0.05, 0.1) is 6.61 Å². The number of halogens is 3. The van der Waals surface area contributed by atoms with Crippen molar-refractivity contribution >= 4 is 0 Å². The molecule has 1 unspecified atom stereocenters. The van der Waals surface area contributed by atoms with Crippen LogP contribution in [0.2, 0.25) is 0 Å². The highest BCUT2D eigenvalue weighted by Gasteiger charge is 2.50. The molecule has 1 N–H and O–H groups in total. The summed E-state index contributed by atoms with van der Waals surface area (Å²) < 4.78 is 41.6. The van der Waals surface area contributed by atoms with Gasteiger partial charge in [-0.3, -0.25) is 0 Å². The first-order chi connectivity index (χ1) is 5.37. The molecule has 0 spiro atoms. The first-order valence-corrected chi connectivity index (χ1v) is 3.70. The van der Waals surface area contributed by atoms with Crippen LogP contribution in [0.1, 0.15) is 13.8 Å². The Morgan fingerprint density at radius 2 is 1.83 bits per heavy atom. The third kappa shape index (κ3) is 2.64. The van der Waals surface area contributed by atoms with Gasteiger partial charge < -0.3 is 10.1 Å². The van der Waals surface area contributed by atoms with Gasteiger partial charge in [-0.15, -0.1) is 0 Å². The van der Waals surface area contributed by atoms with E-state index in [9.17, 15) is 13.2 Å². The van der Waals surface area contributed by atoms with E-state index in [2.05, 4.69) is 5.32 Å². The minimum Gasteiger partial charge on any atom is -0.379 e. The van der Waals surface area contributed by atoms with Crippen molar-refractivity contribution in [3.8, 4) is 0 Å². The van der Waals surface area contributed by atoms with E-state index in [1.54, 1.807) is 6.92 Å². The maximum atomic E-state index is 12.3. The van der Waals surface area contributed by atoms with Gasteiger partial charge in [-0.1, -0.05) is 0 Å². The quantitative estimate of drug-likeness (QED) is 0.717. The largest absolute Gasteiger partial charge is 0.408 e. The molecule has 12 heavy (non-hydrogen) atoms. The van der Waals surface area contributed by atoms with E-state index in [1.807, 2.05) is 0 Å². The summed E-state index contributed by atoms with van der Waals surface area (Å²) in [5, 5.41) is 2.20. The van der Waals surface area contributed by atoms with Gasteiger partial charge in [-0.2, -0.15) is 13.2 Å². The first kappa shape index (κ1) is 11.7. The number of rotatable bonds is 4. The highest BCUT2D eigenvalue weighted by molar-refractivity contribution is 4.89. The summed E-state index contributed by atoms with van der Waals surface area (Å²) in [6, 6.07) is 0. The molecule has 0 aliphatic heterocycles. The van der Waals surface area contributed by atoms with E-state index in [4.69, 9.17) is 4.74 Å². The molecule has 5 heteroatoms. The lowest BCUT2D eigenvalue weighted by Crippen LogP contribution is -2.56. The standard InChI is InChI=1S/C7H14F3NO/c1-4-12-5-6(2,11-3)7(8,9)10/h11H,4-5H2,1-3H3. The zero-order chi connectivity index (χ0) is 9.83. The van der Waals surface area contributed by atoms with Crippen molar-refractivity contribution in [1.82, 2.24) is 5.32 Å². The molecule has 74 valence electrons. The Kier molecular flexibility index (Phi) is 3.99. The van der Waals surface area contributed by atoms with Crippen LogP contribution in [0.4, 0.5) is 13.2 Å². The van der Waals surface area contributed by atoms with Crippen LogP contribution in [-0.2, 0) is 4.74 Å². The van der Waals surface area contributed by atoms with Crippen LogP contribution >= 0.6 is 0 Å². The number of hydrogen-bond donors (Lipinski definition) is 1. The van der Waals surface area contributed by atoms with E-state index >= 15 is 0 Å². The van der Waals surface area contributed by atoms with Gasteiger partial charge in [0.1, 0.15) is 5.54 Å². The molecule has 0 aliphatic carbocycles. The molecule has 0 aromatic rings. The number of nitrogens with one attached hydrogen (secondary N) is 1. The van der Waals surface area contributed by atoms with Gasteiger partial charge in [0, 0.05) is 6.61 Å². The Balaban J connectivity index is 4.24. The zero-order valence-corrected chi connectivity index (χ0v) is 7.46. The maximum Gasteiger partial charge on any atom is 0.408 e. The van der Waals surface area contributed by atoms with Crippen LogP contribution in [0.5, 0.6) is 0 Å². The second-order valence-electron chi connectivity index (χ2n) is 2.72. The SMILES string of the molecule is CCOCC(C)(NC)C(F)(F)F. The van der Waals surface area contributed by atoms with Crippen molar-refractivity contribution in [2.24, 2.45) is 0 Å². The lowest BCUT2D eigenvalue weighted by atomic mass is 10.0. The Labute approximate surface area is 70.1 Å². The molecule has 0 aromatic heterocycles. The van der Waals surface area contributed by atoms with Gasteiger partial charge in [-0.05, 0) is 20.9 Å². The van der Waals surface area contributed by atoms with Crippen molar-refractivity contribution in [3.05, 3.63) is 0 Å². The van der Waals surface area contributed by atoms with E-state index < -0.39 is 11.7 Å². The smallest absolute Gasteiger partial charge is 0.379 e. The Morgan fingerprint density at radius 3 is 2.08 bits per heavy atom. The van der Waals surface area contributed by atoms with E-state index in [0.29, 0.717) is 0 Å². The Hall–Kier alpha value is -0.290. The molecule has 1 atom stereocenters. The molecule has 0 rings (SSSR count). The molecular formula is C7H14F3NO. The molecule has 0 aliphatic rings. The molecule has 0 radical (unpaired) electrons. The Bertz CT molecular complexity index is 137. The van der Waals surface area contributed by atoms with Crippen LogP contribution in [0, 0.1) is 0 Å². The zero-order valence-electron chi connectivity index (χ0n) is 7.46. The second kappa shape index (κ2) is 4.09. The van der Waals surface area contributed by atoms with Crippen LogP contribution in [-0.4, -0.2) is 32.0 Å². The summed E-state index contributed by atoms with van der Waals surface area (Å²) in [4.78, 5) is 0. The highest BCUT2D eigenvalue weighted by atomic mass is 19.4. The predicted octanol–water partition coefficient (Wildman–Crippen LogP) is 1.56. The summed E-state index contributed by atoms with van der Waals surface area (Å²) in [6.07, 6.45) is -4.28. The van der Waals surface area contributed by atoms with Crippen molar-refractivity contribution in [2.75, 3.05) is 20.3 Å². The number of hydrogen-bond acceptors (Lipinski definition) is 2. The number of likely N-dealkylation sites (N-methyl/N-ethyl adjacent to an activating group) is 1. The molecule has 0 heterocycles. The van der Waals surface area contributed by atoms with E-state index in [-0.39, 0.29) is 13.2 Å². The minimum atomic E-state index is -4.28. The van der Waals surface area contributed by atoms with E-state index in [0.717, 1.165) is 6.92 Å². The van der Waals surface area contributed by atoms with Gasteiger partial charge in [0.15, 0.2) is 0 Å². The first-order valence-electron chi connectivity index (χ1n) is 3.70. The van der Waals surface area contributed by atoms with Crippen molar-refractivity contribution in [3.63, 3.8) is 0 Å². The fourth-order valence-electron chi connectivity index (χ4n) is 0.602. The van der Waals surface area contributed by atoms with Crippen LogP contribution in [0.3, 0.4) is 0 Å². The highest BCUT2D eigenvalue weighted by Crippen LogP contribution is 2.29. The number of alkyl halides is 3. The minimum absolute atomic E-state index is 0.285. The lowest BCUT2D eigenvalue weighted by molar-refractivity contribution is -0.203. The third-order valence-electron chi connectivity index (χ3n) is 1.77. The van der Waals surface area contributed by atoms with Gasteiger partial charge in [-0.25, -0.2) is 0 Å². The lowest BCUT2D eigenvalue weighted by Gasteiger charge is -2.31. The molecule has 0 saturated carbocycles. The van der Waals surface area contributed by atoms with Gasteiger partial charge in [0.25, 0.3) is 0 Å². The molecular weight excluding hydrogens is 171 g/mol. The fraction of sp³-hybridized carbons (Fsp3) is 1.00. The average molecular weight is 185 g/mol. The summed E-state index contributed by atoms with van der Waals surface area (Å²) in [6.45, 7) is 2.66. The summed E-state index contributed by atoms with van der Waals surface area (Å²) in [7, 11) is 1.27. The van der Waals surface area contributed by atoms with Crippen molar-refractivity contribution < 1.29 is 17.9 Å². The van der Waals surface area contributed by atoms with Crippen LogP contribution in [0.25, 0.3) is 0 Å². The van der Waals surface area contributed by atoms with Crippen LogP contribution in [0.15, 0.2) is 0 Å². The number of ether oxygens (including phenoxy) is 1. The predicted molar refractivity (Wildman–Crippen MR) is 40.0 cm³/mol. The average Bonchev–Trinajstić information content (AvgIpc) is 1.98. The molecule has 0 aromatic carbocycles. The van der Waals surface area contributed by atoms with Gasteiger partial charge in [0.2, 0.25) is 0 Å². The van der Waals surface area contributed by atoms with Crippen molar-refractivity contribution in [1.29, 1.82) is 0 Å². The van der Waals surface area contributed by atoms with Crippen LogP contribution < -0.4 is 5.32 Å². The maximum absolute atomic E-state index is 12.3. The van der Waals surface area contributed by atoms with E-state index in [1.165, 1.54) is 7.05 Å². The molecule has 0 amide bonds. The molecule has 0 saturated heterocycles. The normalized spacial score (nSPS) is 17.5. The molecule has 0 fully saturated rings. The topological polar surface area (TPSA) is 21.3 Å². The summed E-state index contributed by atoms with van der Waals surface area (Å²) >= 11 is 0. The second-order valence-corrected chi connectivity index (χ2v) is 2.72. The van der Waals surface area contributed by atoms with Crippen molar-refractivity contribution in [2.45, 2.75) is 25.6 Å².